The molecule has 0 saturated carbocycles. The molecule has 0 saturated heterocycles. The van der Waals surface area contributed by atoms with Crippen LogP contribution in [0.5, 0.6) is 0 Å². The number of amides is 1. The lowest BCUT2D eigenvalue weighted by Crippen LogP contribution is -2.36. The molecule has 0 spiro atoms. The predicted molar refractivity (Wildman–Crippen MR) is 167 cm³/mol. The Morgan fingerprint density at radius 3 is 2.17 bits per heavy atom. The summed E-state index contributed by atoms with van der Waals surface area (Å²) in [6, 6.07) is 11.5. The first-order valence-corrected chi connectivity index (χ1v) is 15.1. The first-order chi connectivity index (χ1) is 20.2. The number of hydrogen-bond acceptors (Lipinski definition) is 5. The van der Waals surface area contributed by atoms with Crippen molar-refractivity contribution in [3.8, 4) is 0 Å². The molecule has 1 N–H and O–H groups in total. The number of hydrogen-bond donors (Lipinski definition) is 1. The van der Waals surface area contributed by atoms with Gasteiger partial charge in [-0.3, -0.25) is 25.0 Å². The third kappa shape index (κ3) is 7.41. The Labute approximate surface area is 247 Å². The fourth-order valence-electron chi connectivity index (χ4n) is 6.23. The van der Waals surface area contributed by atoms with Gasteiger partial charge in [-0.15, -0.1) is 6.58 Å². The number of nitro benzene ring substituents is 2. The Kier molecular flexibility index (Phi) is 10.4. The molecule has 2 unspecified atom stereocenters. The molecule has 0 radical (unpaired) electrons. The highest BCUT2D eigenvalue weighted by Crippen LogP contribution is 2.42. The molecule has 4 rings (SSSR count). The number of nitro groups is 2. The van der Waals surface area contributed by atoms with E-state index < -0.39 is 27.1 Å². The topological polar surface area (TPSA) is 115 Å². The van der Waals surface area contributed by atoms with E-state index in [1.807, 2.05) is 6.08 Å². The van der Waals surface area contributed by atoms with Crippen molar-refractivity contribution < 1.29 is 14.6 Å². The van der Waals surface area contributed by atoms with Gasteiger partial charge < -0.3 is 5.32 Å². The van der Waals surface area contributed by atoms with E-state index in [1.54, 1.807) is 0 Å². The van der Waals surface area contributed by atoms with Crippen molar-refractivity contribution in [3.05, 3.63) is 103 Å². The molecule has 0 bridgehead atoms. The molecule has 222 valence electrons. The highest BCUT2D eigenvalue weighted by molar-refractivity contribution is 5.97. The van der Waals surface area contributed by atoms with Crippen LogP contribution >= 0.6 is 0 Å². The lowest BCUT2D eigenvalue weighted by Gasteiger charge is -2.35. The number of aryl methyl sites for hydroxylation is 3. The van der Waals surface area contributed by atoms with E-state index in [4.69, 9.17) is 0 Å². The molecule has 0 aromatic heterocycles. The largest absolute Gasteiger partial charge is 0.345 e. The van der Waals surface area contributed by atoms with E-state index in [0.29, 0.717) is 0 Å². The SMILES string of the molecule is C=CCCCCCCCCCC1CCc2ccc3cc(C)c(C)cc3c2C1NC(=O)c1cc([N+](=O)[O-])cc([N+](=O)[O-])c1. The molecule has 8 heteroatoms. The minimum Gasteiger partial charge on any atom is -0.345 e. The van der Waals surface area contributed by atoms with Crippen LogP contribution < -0.4 is 5.32 Å². The van der Waals surface area contributed by atoms with Gasteiger partial charge in [-0.1, -0.05) is 68.9 Å². The molecular weight excluding hydrogens is 530 g/mol. The number of non-ortho nitro benzene ring substituents is 2. The summed E-state index contributed by atoms with van der Waals surface area (Å²) in [5.74, 6) is -0.347. The average molecular weight is 572 g/mol. The Morgan fingerprint density at radius 2 is 1.52 bits per heavy atom. The number of nitrogens with zero attached hydrogens (tertiary/aromatic N) is 2. The Bertz CT molecular complexity index is 1450. The zero-order valence-corrected chi connectivity index (χ0v) is 24.7. The number of carbonyl (C=O) groups is 1. The molecule has 1 aliphatic rings. The number of fused-ring (bicyclic) bond motifs is 3. The Hall–Kier alpha value is -4.07. The highest BCUT2D eigenvalue weighted by atomic mass is 16.6. The van der Waals surface area contributed by atoms with Crippen LogP contribution in [0.25, 0.3) is 10.8 Å². The van der Waals surface area contributed by atoms with Gasteiger partial charge in [0.25, 0.3) is 17.3 Å². The smallest absolute Gasteiger partial charge is 0.277 e. The second-order valence-electron chi connectivity index (χ2n) is 11.6. The van der Waals surface area contributed by atoms with Crippen LogP contribution in [0.1, 0.15) is 103 Å². The summed E-state index contributed by atoms with van der Waals surface area (Å²) in [6.07, 6.45) is 14.1. The standard InChI is InChI=1S/C34H41N3O5/c1-4-5-6-7-8-9-10-11-12-13-26-16-14-25-15-17-27-18-23(2)24(3)19-31(27)32(25)33(26)35-34(38)28-20-29(36(39)40)22-30(21-28)37(41)42/h4,15,17-22,26,33H,1,5-14,16H2,2-3H3,(H,35,38). The van der Waals surface area contributed by atoms with Gasteiger partial charge >= 0.3 is 0 Å². The molecule has 1 aliphatic carbocycles. The van der Waals surface area contributed by atoms with E-state index >= 15 is 0 Å². The molecule has 42 heavy (non-hydrogen) atoms. The maximum Gasteiger partial charge on any atom is 0.277 e. The van der Waals surface area contributed by atoms with Crippen molar-refractivity contribution in [1.82, 2.24) is 5.32 Å². The maximum absolute atomic E-state index is 13.6. The molecule has 1 amide bonds. The zero-order valence-electron chi connectivity index (χ0n) is 24.7. The van der Waals surface area contributed by atoms with Crippen LogP contribution in [0.4, 0.5) is 11.4 Å². The second-order valence-corrected chi connectivity index (χ2v) is 11.6. The monoisotopic (exact) mass is 571 g/mol. The third-order valence-corrected chi connectivity index (χ3v) is 8.69. The molecule has 0 aliphatic heterocycles. The van der Waals surface area contributed by atoms with Crippen molar-refractivity contribution in [1.29, 1.82) is 0 Å². The van der Waals surface area contributed by atoms with Crippen LogP contribution in [0, 0.1) is 40.0 Å². The van der Waals surface area contributed by atoms with E-state index in [-0.39, 0.29) is 17.5 Å². The van der Waals surface area contributed by atoms with Gasteiger partial charge in [0.05, 0.1) is 27.5 Å². The minimum atomic E-state index is -0.708. The third-order valence-electron chi connectivity index (χ3n) is 8.69. The van der Waals surface area contributed by atoms with E-state index in [1.165, 1.54) is 48.8 Å². The number of carbonyl (C=O) groups excluding carboxylic acids is 1. The first-order valence-electron chi connectivity index (χ1n) is 15.1. The van der Waals surface area contributed by atoms with Gasteiger partial charge in [0.2, 0.25) is 0 Å². The van der Waals surface area contributed by atoms with Gasteiger partial charge in [-0.25, -0.2) is 0 Å². The summed E-state index contributed by atoms with van der Waals surface area (Å²) in [7, 11) is 0. The summed E-state index contributed by atoms with van der Waals surface area (Å²) in [5, 5.41) is 28.3. The fraction of sp³-hybridized carbons (Fsp3) is 0.441. The van der Waals surface area contributed by atoms with Crippen LogP contribution in [0.2, 0.25) is 0 Å². The zero-order chi connectivity index (χ0) is 30.2. The number of nitrogens with one attached hydrogen (secondary N) is 1. The summed E-state index contributed by atoms with van der Waals surface area (Å²) in [4.78, 5) is 35.2. The number of benzene rings is 3. The number of unbranched alkanes of at least 4 members (excludes halogenated alkanes) is 7. The summed E-state index contributed by atoms with van der Waals surface area (Å²) in [6.45, 7) is 7.96. The van der Waals surface area contributed by atoms with E-state index in [9.17, 15) is 25.0 Å². The second kappa shape index (κ2) is 14.2. The summed E-state index contributed by atoms with van der Waals surface area (Å²) in [5.41, 5.74) is 3.63. The first kappa shape index (κ1) is 30.9. The lowest BCUT2D eigenvalue weighted by molar-refractivity contribution is -0.394. The Balaban J connectivity index is 1.60. The Morgan fingerprint density at radius 1 is 0.905 bits per heavy atom. The van der Waals surface area contributed by atoms with Gasteiger partial charge in [0.1, 0.15) is 0 Å². The fourth-order valence-corrected chi connectivity index (χ4v) is 6.23. The average Bonchev–Trinajstić information content (AvgIpc) is 2.97. The van der Waals surface area contributed by atoms with Crippen molar-refractivity contribution >= 4 is 28.1 Å². The van der Waals surface area contributed by atoms with Crippen molar-refractivity contribution in [2.75, 3.05) is 0 Å². The lowest BCUT2D eigenvalue weighted by atomic mass is 9.75. The van der Waals surface area contributed by atoms with Crippen molar-refractivity contribution in [2.45, 2.75) is 90.5 Å². The molecule has 3 aromatic rings. The number of allylic oxidation sites excluding steroid dienone is 1. The molecule has 2 atom stereocenters. The van der Waals surface area contributed by atoms with E-state index in [0.717, 1.165) is 73.1 Å². The van der Waals surface area contributed by atoms with Gasteiger partial charge in [-0.2, -0.15) is 0 Å². The van der Waals surface area contributed by atoms with Gasteiger partial charge in [-0.05, 0) is 84.9 Å². The predicted octanol–water partition coefficient (Wildman–Crippen LogP) is 9.00. The summed E-state index contributed by atoms with van der Waals surface area (Å²) >= 11 is 0. The molecule has 0 heterocycles. The number of rotatable bonds is 14. The molecule has 3 aromatic carbocycles. The van der Waals surface area contributed by atoms with Gasteiger partial charge in [0.15, 0.2) is 0 Å². The van der Waals surface area contributed by atoms with Crippen LogP contribution in [0.3, 0.4) is 0 Å². The highest BCUT2D eigenvalue weighted by Gasteiger charge is 2.33. The van der Waals surface area contributed by atoms with Crippen LogP contribution in [0.15, 0.2) is 55.1 Å². The quantitative estimate of drug-likeness (QED) is 0.0897. The van der Waals surface area contributed by atoms with Crippen molar-refractivity contribution in [2.24, 2.45) is 5.92 Å². The maximum atomic E-state index is 13.6. The molecule has 0 fully saturated rings. The van der Waals surface area contributed by atoms with Gasteiger partial charge in [0, 0.05) is 12.1 Å². The molecule has 8 nitrogen and oxygen atoms in total. The normalized spacial score (nSPS) is 16.1. The van der Waals surface area contributed by atoms with Crippen LogP contribution in [-0.4, -0.2) is 15.8 Å². The van der Waals surface area contributed by atoms with Crippen molar-refractivity contribution in [3.63, 3.8) is 0 Å². The molecular formula is C34H41N3O5. The minimum absolute atomic E-state index is 0.0783. The van der Waals surface area contributed by atoms with E-state index in [2.05, 4.69) is 50.0 Å². The summed E-state index contributed by atoms with van der Waals surface area (Å²) < 4.78 is 0. The van der Waals surface area contributed by atoms with Crippen LogP contribution in [-0.2, 0) is 6.42 Å².